The van der Waals surface area contributed by atoms with Gasteiger partial charge in [-0.3, -0.25) is 4.79 Å². The number of nitrogens with zero attached hydrogens (tertiary/aromatic N) is 1. The summed E-state index contributed by atoms with van der Waals surface area (Å²) in [4.78, 5) is 17.1. The summed E-state index contributed by atoms with van der Waals surface area (Å²) in [5, 5.41) is 3.83. The molecule has 2 aromatic carbocycles. The zero-order chi connectivity index (χ0) is 18.9. The molecule has 1 saturated heterocycles. The van der Waals surface area contributed by atoms with Gasteiger partial charge in [-0.25, -0.2) is 0 Å². The second-order valence-electron chi connectivity index (χ2n) is 6.76. The molecule has 0 atom stereocenters. The van der Waals surface area contributed by atoms with Crippen molar-refractivity contribution in [2.24, 2.45) is 0 Å². The van der Waals surface area contributed by atoms with Crippen molar-refractivity contribution in [1.29, 1.82) is 0 Å². The molecule has 1 aliphatic heterocycles. The third-order valence-electron chi connectivity index (χ3n) is 4.71. The van der Waals surface area contributed by atoms with E-state index in [1.165, 1.54) is 15.5 Å². The number of rotatable bonds is 8. The summed E-state index contributed by atoms with van der Waals surface area (Å²) >= 11 is 7.92. The van der Waals surface area contributed by atoms with Crippen LogP contribution in [-0.2, 0) is 4.79 Å². The number of thioether (sulfide) groups is 1. The molecule has 144 valence electrons. The normalized spacial score (nSPS) is 14.9. The molecule has 0 unspecified atom stereocenters. The number of hydrogen-bond donors (Lipinski definition) is 2. The van der Waals surface area contributed by atoms with Gasteiger partial charge >= 0.3 is 0 Å². The first-order valence-corrected chi connectivity index (χ1v) is 10.9. The molecule has 2 N–H and O–H groups in total. The van der Waals surface area contributed by atoms with Gasteiger partial charge in [-0.05, 0) is 42.5 Å². The van der Waals surface area contributed by atoms with Gasteiger partial charge in [-0.1, -0.05) is 35.9 Å². The van der Waals surface area contributed by atoms with E-state index in [1.54, 1.807) is 0 Å². The summed E-state index contributed by atoms with van der Waals surface area (Å²) in [5.74, 6) is 1.18. The molecule has 4 nitrogen and oxygen atoms in total. The molecule has 0 saturated carbocycles. The molecule has 0 bridgehead atoms. The number of carbonyl (C=O) groups is 1. The van der Waals surface area contributed by atoms with Crippen LogP contribution in [0.4, 0.5) is 5.69 Å². The smallest absolute Gasteiger partial charge is 0.275 e. The fourth-order valence-corrected chi connectivity index (χ4v) is 4.29. The number of benzene rings is 2. The van der Waals surface area contributed by atoms with Crippen LogP contribution in [0.25, 0.3) is 0 Å². The number of anilines is 1. The summed E-state index contributed by atoms with van der Waals surface area (Å²) in [6.07, 6.45) is 0.989. The van der Waals surface area contributed by atoms with Crippen LogP contribution < -0.4 is 15.1 Å². The van der Waals surface area contributed by atoms with Crippen molar-refractivity contribution < 1.29 is 9.69 Å². The van der Waals surface area contributed by atoms with Crippen molar-refractivity contribution in [3.05, 3.63) is 59.6 Å². The highest BCUT2D eigenvalue weighted by Crippen LogP contribution is 2.19. The maximum atomic E-state index is 12.2. The lowest BCUT2D eigenvalue weighted by atomic mass is 10.2. The van der Waals surface area contributed by atoms with Gasteiger partial charge < -0.3 is 15.1 Å². The molecule has 1 fully saturated rings. The lowest BCUT2D eigenvalue weighted by molar-refractivity contribution is -0.892. The highest BCUT2D eigenvalue weighted by atomic mass is 35.5. The van der Waals surface area contributed by atoms with E-state index in [1.807, 2.05) is 36.0 Å². The van der Waals surface area contributed by atoms with Crippen molar-refractivity contribution in [2.75, 3.05) is 49.9 Å². The third-order valence-corrected chi connectivity index (χ3v) is 6.04. The second kappa shape index (κ2) is 10.6. The van der Waals surface area contributed by atoms with Crippen LogP contribution >= 0.6 is 23.4 Å². The number of amides is 1. The Morgan fingerprint density at radius 3 is 2.63 bits per heavy atom. The first-order valence-electron chi connectivity index (χ1n) is 9.49. The Labute approximate surface area is 170 Å². The molecular weight excluding hydrogens is 378 g/mol. The molecule has 0 aliphatic carbocycles. The van der Waals surface area contributed by atoms with Crippen molar-refractivity contribution in [3.8, 4) is 0 Å². The van der Waals surface area contributed by atoms with Crippen molar-refractivity contribution in [2.45, 2.75) is 11.3 Å². The average Bonchev–Trinajstić information content (AvgIpc) is 2.69. The number of hydrogen-bond acceptors (Lipinski definition) is 3. The van der Waals surface area contributed by atoms with Gasteiger partial charge in [-0.15, -0.1) is 11.8 Å². The Morgan fingerprint density at radius 1 is 1.11 bits per heavy atom. The molecule has 1 amide bonds. The number of piperazine rings is 1. The van der Waals surface area contributed by atoms with E-state index in [2.05, 4.69) is 40.5 Å². The van der Waals surface area contributed by atoms with Crippen molar-refractivity contribution >= 4 is 35.0 Å². The molecule has 1 heterocycles. The minimum Gasteiger partial charge on any atom is -0.360 e. The lowest BCUT2D eigenvalue weighted by Gasteiger charge is -2.33. The zero-order valence-corrected chi connectivity index (χ0v) is 17.1. The molecule has 1 aliphatic rings. The van der Waals surface area contributed by atoms with Crippen molar-refractivity contribution in [1.82, 2.24) is 5.32 Å². The predicted octanol–water partition coefficient (Wildman–Crippen LogP) is 2.34. The summed E-state index contributed by atoms with van der Waals surface area (Å²) < 4.78 is 0. The van der Waals surface area contributed by atoms with E-state index < -0.39 is 0 Å². The summed E-state index contributed by atoms with van der Waals surface area (Å²) in [7, 11) is 0. The van der Waals surface area contributed by atoms with Crippen LogP contribution in [0, 0.1) is 0 Å². The molecular formula is C21H27ClN3OS+. The van der Waals surface area contributed by atoms with E-state index in [0.29, 0.717) is 6.54 Å². The first-order chi connectivity index (χ1) is 13.2. The Kier molecular flexibility index (Phi) is 7.87. The number of nitrogens with one attached hydrogen (secondary N) is 2. The molecule has 6 heteroatoms. The fourth-order valence-electron chi connectivity index (χ4n) is 3.23. The predicted molar refractivity (Wildman–Crippen MR) is 114 cm³/mol. The summed E-state index contributed by atoms with van der Waals surface area (Å²) in [6, 6.07) is 18.4. The van der Waals surface area contributed by atoms with E-state index >= 15 is 0 Å². The molecule has 2 aromatic rings. The SMILES string of the molecule is O=C(C[NH+]1CCN(c2cccc(Cl)c2)CC1)NCCCSc1ccccc1. The maximum absolute atomic E-state index is 12.2. The van der Waals surface area contributed by atoms with Gasteiger partial charge in [0.2, 0.25) is 0 Å². The highest BCUT2D eigenvalue weighted by molar-refractivity contribution is 7.99. The van der Waals surface area contributed by atoms with Crippen LogP contribution in [0.1, 0.15) is 6.42 Å². The zero-order valence-electron chi connectivity index (χ0n) is 15.5. The minimum atomic E-state index is 0.158. The van der Waals surface area contributed by atoms with Crippen molar-refractivity contribution in [3.63, 3.8) is 0 Å². The Bertz CT molecular complexity index is 720. The van der Waals surface area contributed by atoms with Crippen LogP contribution in [0.2, 0.25) is 5.02 Å². The maximum Gasteiger partial charge on any atom is 0.275 e. The Balaban J connectivity index is 1.29. The van der Waals surface area contributed by atoms with Gasteiger partial charge in [0.15, 0.2) is 6.54 Å². The van der Waals surface area contributed by atoms with Crippen LogP contribution in [0.3, 0.4) is 0 Å². The minimum absolute atomic E-state index is 0.158. The molecule has 0 aromatic heterocycles. The van der Waals surface area contributed by atoms with Gasteiger partial charge in [0.1, 0.15) is 0 Å². The number of quaternary nitrogens is 1. The fraction of sp³-hybridized carbons (Fsp3) is 0.381. The van der Waals surface area contributed by atoms with Crippen LogP contribution in [-0.4, -0.2) is 50.9 Å². The quantitative estimate of drug-likeness (QED) is 0.523. The van der Waals surface area contributed by atoms with Crippen LogP contribution in [0.15, 0.2) is 59.5 Å². The van der Waals surface area contributed by atoms with E-state index in [4.69, 9.17) is 11.6 Å². The topological polar surface area (TPSA) is 36.8 Å². The summed E-state index contributed by atoms with van der Waals surface area (Å²) in [6.45, 7) is 5.18. The Morgan fingerprint density at radius 2 is 1.89 bits per heavy atom. The number of halogens is 1. The lowest BCUT2D eigenvalue weighted by Crippen LogP contribution is -3.15. The third kappa shape index (κ3) is 6.76. The largest absolute Gasteiger partial charge is 0.360 e. The average molecular weight is 405 g/mol. The number of carbonyl (C=O) groups excluding carboxylic acids is 1. The van der Waals surface area contributed by atoms with Crippen LogP contribution in [0.5, 0.6) is 0 Å². The van der Waals surface area contributed by atoms with E-state index in [0.717, 1.165) is 49.9 Å². The summed E-state index contributed by atoms with van der Waals surface area (Å²) in [5.41, 5.74) is 1.17. The van der Waals surface area contributed by atoms with Gasteiger partial charge in [0, 0.05) is 22.2 Å². The molecule has 27 heavy (non-hydrogen) atoms. The van der Waals surface area contributed by atoms with Gasteiger partial charge in [0.25, 0.3) is 5.91 Å². The highest BCUT2D eigenvalue weighted by Gasteiger charge is 2.22. The molecule has 3 rings (SSSR count). The molecule has 0 radical (unpaired) electrons. The van der Waals surface area contributed by atoms with Gasteiger partial charge in [0.05, 0.1) is 26.2 Å². The van der Waals surface area contributed by atoms with E-state index in [-0.39, 0.29) is 5.91 Å². The second-order valence-corrected chi connectivity index (χ2v) is 8.36. The Hall–Kier alpha value is -1.69. The standard InChI is InChI=1S/C21H26ClN3OS/c22-18-6-4-7-19(16-18)25-13-11-24(12-14-25)17-21(26)23-10-5-15-27-20-8-2-1-3-9-20/h1-4,6-9,16H,5,10-15,17H2,(H,23,26)/p+1. The monoisotopic (exact) mass is 404 g/mol. The first kappa shape index (κ1) is 20.1. The van der Waals surface area contributed by atoms with E-state index in [9.17, 15) is 4.79 Å². The molecule has 0 spiro atoms. The van der Waals surface area contributed by atoms with Gasteiger partial charge in [-0.2, -0.15) is 0 Å².